The average Bonchev–Trinajstić information content (AvgIpc) is 3.28. The van der Waals surface area contributed by atoms with Crippen LogP contribution in [0.2, 0.25) is 5.02 Å². The molecule has 0 unspecified atom stereocenters. The monoisotopic (exact) mass is 396 g/mol. The first kappa shape index (κ1) is 17.7. The summed E-state index contributed by atoms with van der Waals surface area (Å²) in [4.78, 5) is 21.3. The minimum Gasteiger partial charge on any atom is -0.355 e. The fourth-order valence-corrected chi connectivity index (χ4v) is 3.95. The first-order chi connectivity index (χ1) is 13.2. The highest BCUT2D eigenvalue weighted by molar-refractivity contribution is 7.13. The Morgan fingerprint density at radius 3 is 2.81 bits per heavy atom. The Kier molecular flexibility index (Phi) is 5.18. The Balaban J connectivity index is 1.31. The molecule has 4 aromatic rings. The molecule has 3 heterocycles. The maximum atomic E-state index is 12.2. The largest absolute Gasteiger partial charge is 0.355 e. The fraction of sp³-hybridized carbons (Fsp3) is 0.150. The Hall–Kier alpha value is -2.70. The average molecular weight is 397 g/mol. The van der Waals surface area contributed by atoms with Gasteiger partial charge in [-0.2, -0.15) is 0 Å². The number of nitrogens with one attached hydrogen (secondary N) is 1. The highest BCUT2D eigenvalue weighted by atomic mass is 35.5. The maximum Gasteiger partial charge on any atom is 0.226 e. The van der Waals surface area contributed by atoms with Crippen molar-refractivity contribution in [3.8, 4) is 10.6 Å². The number of halogens is 1. The first-order valence-electron chi connectivity index (χ1n) is 8.57. The maximum absolute atomic E-state index is 12.2. The number of pyridine rings is 1. The molecule has 0 aliphatic carbocycles. The highest BCUT2D eigenvalue weighted by Crippen LogP contribution is 2.30. The van der Waals surface area contributed by atoms with Crippen LogP contribution in [0.5, 0.6) is 0 Å². The molecule has 0 aliphatic heterocycles. The first-order valence-corrected chi connectivity index (χ1v) is 9.83. The molecular formula is C20H17ClN4OS. The third-order valence-corrected chi connectivity index (χ3v) is 5.37. The minimum absolute atomic E-state index is 0.0465. The third-order valence-electron chi connectivity index (χ3n) is 4.11. The van der Waals surface area contributed by atoms with Crippen LogP contribution in [0.3, 0.4) is 0 Å². The highest BCUT2D eigenvalue weighted by Gasteiger charge is 2.11. The van der Waals surface area contributed by atoms with Crippen LogP contribution in [0.4, 0.5) is 0 Å². The van der Waals surface area contributed by atoms with Gasteiger partial charge in [-0.25, -0.2) is 9.97 Å². The molecule has 1 amide bonds. The van der Waals surface area contributed by atoms with E-state index in [0.717, 1.165) is 27.6 Å². The molecule has 27 heavy (non-hydrogen) atoms. The van der Waals surface area contributed by atoms with E-state index in [1.54, 1.807) is 0 Å². The van der Waals surface area contributed by atoms with Crippen LogP contribution in [0.25, 0.3) is 16.2 Å². The number of carbonyl (C=O) groups is 1. The van der Waals surface area contributed by atoms with Crippen molar-refractivity contribution in [3.63, 3.8) is 0 Å². The predicted molar refractivity (Wildman–Crippen MR) is 108 cm³/mol. The number of carbonyl (C=O) groups excluding carboxylic acids is 1. The summed E-state index contributed by atoms with van der Waals surface area (Å²) in [6.07, 6.45) is 4.89. The summed E-state index contributed by atoms with van der Waals surface area (Å²) >= 11 is 7.70. The Bertz CT molecular complexity index is 1060. The van der Waals surface area contributed by atoms with Gasteiger partial charge in [0.1, 0.15) is 10.7 Å². The lowest BCUT2D eigenvalue weighted by atomic mass is 10.2. The molecule has 0 fully saturated rings. The molecule has 1 aromatic carbocycles. The summed E-state index contributed by atoms with van der Waals surface area (Å²) in [7, 11) is 0. The van der Waals surface area contributed by atoms with Gasteiger partial charge in [-0.05, 0) is 18.2 Å². The van der Waals surface area contributed by atoms with Crippen molar-refractivity contribution in [1.82, 2.24) is 19.7 Å². The zero-order valence-corrected chi connectivity index (χ0v) is 16.0. The third kappa shape index (κ3) is 4.18. The minimum atomic E-state index is -0.0465. The normalized spacial score (nSPS) is 11.0. The van der Waals surface area contributed by atoms with Crippen molar-refractivity contribution in [2.75, 3.05) is 6.54 Å². The van der Waals surface area contributed by atoms with E-state index in [-0.39, 0.29) is 12.3 Å². The van der Waals surface area contributed by atoms with Crippen LogP contribution in [-0.2, 0) is 17.6 Å². The van der Waals surface area contributed by atoms with Gasteiger partial charge in [-0.15, -0.1) is 11.3 Å². The van der Waals surface area contributed by atoms with Crippen LogP contribution in [0, 0.1) is 0 Å². The molecule has 5 nitrogen and oxygen atoms in total. The molecule has 0 saturated carbocycles. The molecule has 0 spiro atoms. The lowest BCUT2D eigenvalue weighted by molar-refractivity contribution is -0.120. The van der Waals surface area contributed by atoms with Crippen LogP contribution in [0.1, 0.15) is 11.4 Å². The van der Waals surface area contributed by atoms with Gasteiger partial charge in [0, 0.05) is 36.3 Å². The molecule has 0 bridgehead atoms. The van der Waals surface area contributed by atoms with Crippen LogP contribution in [0.15, 0.2) is 60.2 Å². The Morgan fingerprint density at radius 2 is 1.96 bits per heavy atom. The van der Waals surface area contributed by atoms with Gasteiger partial charge in [0.05, 0.1) is 22.8 Å². The molecule has 0 saturated heterocycles. The van der Waals surface area contributed by atoms with Crippen LogP contribution < -0.4 is 5.32 Å². The zero-order valence-electron chi connectivity index (χ0n) is 14.4. The molecule has 0 atom stereocenters. The van der Waals surface area contributed by atoms with E-state index in [4.69, 9.17) is 11.6 Å². The summed E-state index contributed by atoms with van der Waals surface area (Å²) in [6, 6.07) is 13.5. The topological polar surface area (TPSA) is 59.3 Å². The van der Waals surface area contributed by atoms with Crippen LogP contribution >= 0.6 is 22.9 Å². The summed E-state index contributed by atoms with van der Waals surface area (Å²) < 4.78 is 1.97. The lowest BCUT2D eigenvalue weighted by Gasteiger charge is -2.02. The summed E-state index contributed by atoms with van der Waals surface area (Å²) in [5, 5.41) is 6.33. The zero-order chi connectivity index (χ0) is 18.6. The number of amides is 1. The van der Waals surface area contributed by atoms with E-state index < -0.39 is 0 Å². The second-order valence-electron chi connectivity index (χ2n) is 6.10. The van der Waals surface area contributed by atoms with Gasteiger partial charge in [0.25, 0.3) is 0 Å². The fourth-order valence-electron chi connectivity index (χ4n) is 2.81. The van der Waals surface area contributed by atoms with E-state index in [1.807, 2.05) is 64.6 Å². The van der Waals surface area contributed by atoms with Gasteiger partial charge in [-0.3, -0.25) is 4.79 Å². The second kappa shape index (κ2) is 7.90. The van der Waals surface area contributed by atoms with Gasteiger partial charge in [0.2, 0.25) is 5.91 Å². The van der Waals surface area contributed by atoms with Crippen molar-refractivity contribution in [3.05, 3.63) is 76.6 Å². The number of hydrogen-bond donors (Lipinski definition) is 1. The van der Waals surface area contributed by atoms with Crippen LogP contribution in [-0.4, -0.2) is 26.8 Å². The number of imidazole rings is 1. The van der Waals surface area contributed by atoms with Crippen molar-refractivity contribution < 1.29 is 4.79 Å². The van der Waals surface area contributed by atoms with Gasteiger partial charge >= 0.3 is 0 Å². The number of fused-ring (bicyclic) bond motifs is 1. The smallest absolute Gasteiger partial charge is 0.226 e. The summed E-state index contributed by atoms with van der Waals surface area (Å²) in [5.74, 6) is -0.0465. The number of benzene rings is 1. The van der Waals surface area contributed by atoms with Gasteiger partial charge < -0.3 is 9.72 Å². The molecular weight excluding hydrogens is 380 g/mol. The molecule has 4 rings (SSSR count). The lowest BCUT2D eigenvalue weighted by Crippen LogP contribution is -2.27. The number of nitrogens with zero attached hydrogens (tertiary/aromatic N) is 3. The SMILES string of the molecule is O=C(Cc1csc(-c2ccccc2Cl)n1)NCCc1cn2ccccc2n1. The van der Waals surface area contributed by atoms with E-state index in [1.165, 1.54) is 11.3 Å². The molecule has 0 radical (unpaired) electrons. The Labute approximate surface area is 165 Å². The van der Waals surface area contributed by atoms with E-state index in [9.17, 15) is 4.79 Å². The summed E-state index contributed by atoms with van der Waals surface area (Å²) in [5.41, 5.74) is 3.51. The second-order valence-corrected chi connectivity index (χ2v) is 7.36. The van der Waals surface area contributed by atoms with Gasteiger partial charge in [-0.1, -0.05) is 35.9 Å². The number of aromatic nitrogens is 3. The van der Waals surface area contributed by atoms with Crippen molar-refractivity contribution in [2.24, 2.45) is 0 Å². The molecule has 1 N–H and O–H groups in total. The standard InChI is InChI=1S/C20H17ClN4OS/c21-17-6-2-1-5-16(17)20-24-15(13-27-20)11-19(26)22-9-8-14-12-25-10-4-3-7-18(25)23-14/h1-7,10,12-13H,8-9,11H2,(H,22,26). The number of rotatable bonds is 6. The molecule has 3 aromatic heterocycles. The van der Waals surface area contributed by atoms with Crippen molar-refractivity contribution >= 4 is 34.5 Å². The molecule has 7 heteroatoms. The number of thiazole rings is 1. The number of hydrogen-bond acceptors (Lipinski definition) is 4. The van der Waals surface area contributed by atoms with Crippen molar-refractivity contribution in [2.45, 2.75) is 12.8 Å². The van der Waals surface area contributed by atoms with Crippen molar-refractivity contribution in [1.29, 1.82) is 0 Å². The van der Waals surface area contributed by atoms with E-state index in [2.05, 4.69) is 15.3 Å². The predicted octanol–water partition coefficient (Wildman–Crippen LogP) is 4.01. The molecule has 136 valence electrons. The van der Waals surface area contributed by atoms with E-state index >= 15 is 0 Å². The quantitative estimate of drug-likeness (QED) is 0.535. The van der Waals surface area contributed by atoms with Gasteiger partial charge in [0.15, 0.2) is 0 Å². The Morgan fingerprint density at radius 1 is 1.11 bits per heavy atom. The molecule has 0 aliphatic rings. The summed E-state index contributed by atoms with van der Waals surface area (Å²) in [6.45, 7) is 0.546. The van der Waals surface area contributed by atoms with E-state index in [0.29, 0.717) is 18.0 Å².